The lowest BCUT2D eigenvalue weighted by atomic mass is 10.0. The minimum atomic E-state index is -0.441. The highest BCUT2D eigenvalue weighted by Gasteiger charge is 2.30. The Balaban J connectivity index is 2.59. The average Bonchev–Trinajstić information content (AvgIpc) is 2.41. The molecule has 0 radical (unpaired) electrons. The van der Waals surface area contributed by atoms with Crippen molar-refractivity contribution in [3.05, 3.63) is 0 Å². The van der Waals surface area contributed by atoms with Gasteiger partial charge in [-0.2, -0.15) is 0 Å². The third kappa shape index (κ3) is 6.53. The summed E-state index contributed by atoms with van der Waals surface area (Å²) in [5.74, 6) is 0.499. The van der Waals surface area contributed by atoms with Gasteiger partial charge in [-0.15, -0.1) is 0 Å². The molecule has 1 rings (SSSR count). The Kier molecular flexibility index (Phi) is 7.63. The molecule has 5 heteroatoms. The number of nitrogens with one attached hydrogen (secondary N) is 1. The molecule has 1 saturated heterocycles. The molecule has 0 aromatic carbocycles. The van der Waals surface area contributed by atoms with Gasteiger partial charge >= 0.3 is 6.09 Å². The summed E-state index contributed by atoms with van der Waals surface area (Å²) in [6.07, 6.45) is 3.07. The summed E-state index contributed by atoms with van der Waals surface area (Å²) in [5, 5.41) is 3.56. The van der Waals surface area contributed by atoms with Crippen molar-refractivity contribution >= 4 is 6.09 Å². The van der Waals surface area contributed by atoms with Gasteiger partial charge in [-0.3, -0.25) is 0 Å². The van der Waals surface area contributed by atoms with Gasteiger partial charge in [0.15, 0.2) is 0 Å². The maximum Gasteiger partial charge on any atom is 0.410 e. The van der Waals surface area contributed by atoms with Gasteiger partial charge in [-0.1, -0.05) is 13.8 Å². The van der Waals surface area contributed by atoms with Gasteiger partial charge in [-0.25, -0.2) is 4.79 Å². The maximum atomic E-state index is 12.4. The molecule has 0 bridgehead atoms. The van der Waals surface area contributed by atoms with Crippen LogP contribution in [-0.4, -0.2) is 55.5 Å². The SMILES string of the molecule is COCC(NCC1CCCCN1C(=O)OC(C)(C)C)C(C)C. The molecule has 1 heterocycles. The van der Waals surface area contributed by atoms with Crippen LogP contribution in [-0.2, 0) is 9.47 Å². The smallest absolute Gasteiger partial charge is 0.410 e. The molecule has 0 aliphatic carbocycles. The first-order valence-corrected chi connectivity index (χ1v) is 8.46. The number of carbonyl (C=O) groups is 1. The minimum Gasteiger partial charge on any atom is -0.444 e. The zero-order valence-electron chi connectivity index (χ0n) is 15.1. The van der Waals surface area contributed by atoms with Crippen molar-refractivity contribution < 1.29 is 14.3 Å². The summed E-state index contributed by atoms with van der Waals surface area (Å²) < 4.78 is 10.8. The zero-order chi connectivity index (χ0) is 16.8. The van der Waals surface area contributed by atoms with Crippen LogP contribution in [0.15, 0.2) is 0 Å². The molecule has 1 fully saturated rings. The van der Waals surface area contributed by atoms with Crippen LogP contribution < -0.4 is 5.32 Å². The summed E-state index contributed by atoms with van der Waals surface area (Å²) in [5.41, 5.74) is -0.441. The molecule has 1 aliphatic heterocycles. The Morgan fingerprint density at radius 3 is 2.55 bits per heavy atom. The number of carbonyl (C=O) groups excluding carboxylic acids is 1. The minimum absolute atomic E-state index is 0.188. The van der Waals surface area contributed by atoms with Crippen molar-refractivity contribution in [1.29, 1.82) is 0 Å². The lowest BCUT2D eigenvalue weighted by molar-refractivity contribution is 0.00906. The van der Waals surface area contributed by atoms with E-state index in [4.69, 9.17) is 9.47 Å². The molecule has 2 unspecified atom stereocenters. The Bertz CT molecular complexity index is 339. The molecule has 1 aliphatic rings. The Morgan fingerprint density at radius 2 is 2.00 bits per heavy atom. The topological polar surface area (TPSA) is 50.8 Å². The molecule has 1 N–H and O–H groups in total. The fourth-order valence-electron chi connectivity index (χ4n) is 2.73. The first kappa shape index (κ1) is 19.2. The van der Waals surface area contributed by atoms with Gasteiger partial charge in [-0.05, 0) is 46.0 Å². The Labute approximate surface area is 135 Å². The third-order valence-corrected chi connectivity index (χ3v) is 4.02. The zero-order valence-corrected chi connectivity index (χ0v) is 15.1. The number of piperidine rings is 1. The number of likely N-dealkylation sites (tertiary alicyclic amines) is 1. The van der Waals surface area contributed by atoms with Gasteiger partial charge in [0.05, 0.1) is 6.61 Å². The van der Waals surface area contributed by atoms with Crippen LogP contribution in [0.1, 0.15) is 53.9 Å². The van der Waals surface area contributed by atoms with Crippen molar-refractivity contribution in [1.82, 2.24) is 10.2 Å². The summed E-state index contributed by atoms with van der Waals surface area (Å²) in [7, 11) is 1.73. The number of hydrogen-bond donors (Lipinski definition) is 1. The fourth-order valence-corrected chi connectivity index (χ4v) is 2.73. The standard InChI is InChI=1S/C17H34N2O3/c1-13(2)15(12-21-6)18-11-14-9-7-8-10-19(14)16(20)22-17(3,4)5/h13-15,18H,7-12H2,1-6H3. The van der Waals surface area contributed by atoms with Crippen LogP contribution in [0, 0.1) is 5.92 Å². The molecule has 5 nitrogen and oxygen atoms in total. The Morgan fingerprint density at radius 1 is 1.32 bits per heavy atom. The number of hydrogen-bond acceptors (Lipinski definition) is 4. The van der Waals surface area contributed by atoms with E-state index in [0.29, 0.717) is 18.6 Å². The van der Waals surface area contributed by atoms with Crippen molar-refractivity contribution in [3.63, 3.8) is 0 Å². The fraction of sp³-hybridized carbons (Fsp3) is 0.941. The first-order chi connectivity index (χ1) is 10.2. The van der Waals surface area contributed by atoms with Crippen LogP contribution in [0.3, 0.4) is 0 Å². The van der Waals surface area contributed by atoms with Crippen molar-refractivity contribution in [2.24, 2.45) is 5.92 Å². The lowest BCUT2D eigenvalue weighted by Gasteiger charge is -2.38. The number of ether oxygens (including phenoxy) is 2. The van der Waals surface area contributed by atoms with E-state index < -0.39 is 5.60 Å². The number of methoxy groups -OCH3 is 1. The van der Waals surface area contributed by atoms with Gasteiger partial charge in [0.25, 0.3) is 0 Å². The molecule has 2 atom stereocenters. The summed E-state index contributed by atoms with van der Waals surface area (Å²) >= 11 is 0. The second kappa shape index (κ2) is 8.73. The molecule has 1 amide bonds. The van der Waals surface area contributed by atoms with Gasteiger partial charge in [0, 0.05) is 32.3 Å². The van der Waals surface area contributed by atoms with E-state index in [1.54, 1.807) is 7.11 Å². The first-order valence-electron chi connectivity index (χ1n) is 8.46. The van der Waals surface area contributed by atoms with E-state index in [1.807, 2.05) is 25.7 Å². The van der Waals surface area contributed by atoms with Crippen molar-refractivity contribution in [2.45, 2.75) is 71.6 Å². The van der Waals surface area contributed by atoms with E-state index in [1.165, 1.54) is 6.42 Å². The summed E-state index contributed by atoms with van der Waals surface area (Å²) in [6.45, 7) is 12.4. The normalized spacial score (nSPS) is 21.0. The van der Waals surface area contributed by atoms with E-state index in [2.05, 4.69) is 19.2 Å². The van der Waals surface area contributed by atoms with E-state index in [0.717, 1.165) is 25.9 Å². The van der Waals surface area contributed by atoms with Crippen LogP contribution in [0.2, 0.25) is 0 Å². The predicted molar refractivity (Wildman–Crippen MR) is 89.1 cm³/mol. The van der Waals surface area contributed by atoms with Crippen LogP contribution in [0.4, 0.5) is 4.79 Å². The molecular weight excluding hydrogens is 280 g/mol. The molecule has 0 aromatic heterocycles. The number of rotatable bonds is 6. The maximum absolute atomic E-state index is 12.4. The van der Waals surface area contributed by atoms with Gasteiger partial charge in [0.2, 0.25) is 0 Å². The predicted octanol–water partition coefficient (Wildman–Crippen LogP) is 3.04. The molecule has 0 spiro atoms. The number of amides is 1. The van der Waals surface area contributed by atoms with Gasteiger partial charge < -0.3 is 19.7 Å². The average molecular weight is 314 g/mol. The molecule has 130 valence electrons. The lowest BCUT2D eigenvalue weighted by Crippen LogP contribution is -2.52. The third-order valence-electron chi connectivity index (χ3n) is 4.02. The summed E-state index contributed by atoms with van der Waals surface area (Å²) in [6, 6.07) is 0.522. The van der Waals surface area contributed by atoms with E-state index in [9.17, 15) is 4.79 Å². The van der Waals surface area contributed by atoms with E-state index in [-0.39, 0.29) is 12.1 Å². The Hall–Kier alpha value is -0.810. The van der Waals surface area contributed by atoms with E-state index >= 15 is 0 Å². The van der Waals surface area contributed by atoms with Crippen molar-refractivity contribution in [3.8, 4) is 0 Å². The number of nitrogens with zero attached hydrogens (tertiary/aromatic N) is 1. The largest absolute Gasteiger partial charge is 0.444 e. The highest BCUT2D eigenvalue weighted by atomic mass is 16.6. The molecule has 0 aromatic rings. The second-order valence-electron chi connectivity index (χ2n) is 7.54. The highest BCUT2D eigenvalue weighted by molar-refractivity contribution is 5.68. The quantitative estimate of drug-likeness (QED) is 0.819. The highest BCUT2D eigenvalue weighted by Crippen LogP contribution is 2.20. The van der Waals surface area contributed by atoms with Crippen LogP contribution >= 0.6 is 0 Å². The monoisotopic (exact) mass is 314 g/mol. The van der Waals surface area contributed by atoms with Crippen LogP contribution in [0.25, 0.3) is 0 Å². The molecule has 0 saturated carbocycles. The molecule has 22 heavy (non-hydrogen) atoms. The van der Waals surface area contributed by atoms with Crippen LogP contribution in [0.5, 0.6) is 0 Å². The van der Waals surface area contributed by atoms with Crippen molar-refractivity contribution in [2.75, 3.05) is 26.8 Å². The summed E-state index contributed by atoms with van der Waals surface area (Å²) in [4.78, 5) is 14.3. The van der Waals surface area contributed by atoms with Gasteiger partial charge in [0.1, 0.15) is 5.60 Å². The molecular formula is C17H34N2O3. The second-order valence-corrected chi connectivity index (χ2v) is 7.54.